The lowest BCUT2D eigenvalue weighted by Crippen LogP contribution is -2.37. The quantitative estimate of drug-likeness (QED) is 0.715. The predicted molar refractivity (Wildman–Crippen MR) is 59.3 cm³/mol. The molecule has 3 heteroatoms. The van der Waals surface area contributed by atoms with Crippen LogP contribution in [0, 0.1) is 0 Å². The van der Waals surface area contributed by atoms with Gasteiger partial charge in [-0.1, -0.05) is 12.1 Å². The molecule has 0 saturated carbocycles. The summed E-state index contributed by atoms with van der Waals surface area (Å²) in [7, 11) is 0. The number of rotatable bonds is 1. The topological polar surface area (TPSA) is 24.9 Å². The van der Waals surface area contributed by atoms with Gasteiger partial charge in [0.1, 0.15) is 0 Å². The van der Waals surface area contributed by atoms with Crippen LogP contribution >= 0.6 is 11.6 Å². The molecule has 1 aromatic rings. The Hall–Kier alpha value is -0.860. The Morgan fingerprint density at radius 1 is 1.57 bits per heavy atom. The summed E-state index contributed by atoms with van der Waals surface area (Å²) in [4.78, 5) is 3.82. The van der Waals surface area contributed by atoms with E-state index in [1.807, 2.05) is 19.2 Å². The Labute approximate surface area is 89.0 Å². The summed E-state index contributed by atoms with van der Waals surface area (Å²) in [5, 5.41) is 3.30. The lowest BCUT2D eigenvalue weighted by atomic mass is 9.98. The van der Waals surface area contributed by atoms with Crippen molar-refractivity contribution in [2.45, 2.75) is 11.8 Å². The summed E-state index contributed by atoms with van der Waals surface area (Å²) in [6.45, 7) is 3.70. The summed E-state index contributed by atoms with van der Waals surface area (Å²) in [5.74, 6) is 0. The van der Waals surface area contributed by atoms with Crippen LogP contribution in [0.25, 0.3) is 5.57 Å². The van der Waals surface area contributed by atoms with Gasteiger partial charge in [-0.2, -0.15) is 0 Å². The molecule has 2 heterocycles. The second-order valence-electron chi connectivity index (χ2n) is 3.79. The smallest absolute Gasteiger partial charge is 0.0728 e. The molecule has 1 N–H and O–H groups in total. The van der Waals surface area contributed by atoms with Gasteiger partial charge in [0.25, 0.3) is 0 Å². The highest BCUT2D eigenvalue weighted by atomic mass is 35.5. The van der Waals surface area contributed by atoms with Gasteiger partial charge in [0, 0.05) is 25.5 Å². The molecule has 0 spiro atoms. The highest BCUT2D eigenvalue weighted by Gasteiger charge is 2.22. The molecular formula is C11H13ClN2. The van der Waals surface area contributed by atoms with Crippen LogP contribution in [-0.4, -0.2) is 22.9 Å². The molecule has 0 bridgehead atoms. The average Bonchev–Trinajstić information content (AvgIpc) is 2.18. The fraction of sp³-hybridized carbons (Fsp3) is 0.364. The van der Waals surface area contributed by atoms with E-state index in [0.29, 0.717) is 0 Å². The summed E-state index contributed by atoms with van der Waals surface area (Å²) in [5.41, 5.74) is 2.37. The molecule has 2 nitrogen and oxygen atoms in total. The van der Waals surface area contributed by atoms with Gasteiger partial charge in [-0.25, -0.2) is 0 Å². The molecule has 1 atom stereocenters. The normalized spacial score (nSPS) is 27.1. The van der Waals surface area contributed by atoms with E-state index in [9.17, 15) is 0 Å². The van der Waals surface area contributed by atoms with Crippen molar-refractivity contribution in [3.63, 3.8) is 0 Å². The number of alkyl halides is 1. The van der Waals surface area contributed by atoms with Crippen LogP contribution in [0.5, 0.6) is 0 Å². The zero-order valence-corrected chi connectivity index (χ0v) is 8.88. The molecule has 74 valence electrons. The monoisotopic (exact) mass is 208 g/mol. The first-order valence-electron chi connectivity index (χ1n) is 4.69. The average molecular weight is 209 g/mol. The van der Waals surface area contributed by atoms with E-state index in [2.05, 4.69) is 22.4 Å². The van der Waals surface area contributed by atoms with Crippen LogP contribution < -0.4 is 5.32 Å². The highest BCUT2D eigenvalue weighted by molar-refractivity contribution is 6.25. The zero-order valence-electron chi connectivity index (χ0n) is 8.13. The Morgan fingerprint density at radius 2 is 2.43 bits per heavy atom. The van der Waals surface area contributed by atoms with Crippen molar-refractivity contribution in [3.05, 3.63) is 36.2 Å². The van der Waals surface area contributed by atoms with E-state index in [1.54, 1.807) is 6.20 Å². The summed E-state index contributed by atoms with van der Waals surface area (Å²) in [6.07, 6.45) is 5.76. The molecule has 1 aromatic heterocycles. The standard InChI is InChI=1S/C11H13ClN2/c1-11(12)5-10(7-14-8-11)9-3-2-4-13-6-9/h2-6,14H,7-8H2,1H3. The van der Waals surface area contributed by atoms with Gasteiger partial charge in [-0.3, -0.25) is 4.98 Å². The van der Waals surface area contributed by atoms with Crippen LogP contribution in [0.4, 0.5) is 0 Å². The zero-order chi connectivity index (χ0) is 10.0. The Kier molecular flexibility index (Phi) is 2.57. The first-order valence-corrected chi connectivity index (χ1v) is 5.07. The SMILES string of the molecule is CC1(Cl)C=C(c2cccnc2)CNC1. The van der Waals surface area contributed by atoms with Gasteiger partial charge >= 0.3 is 0 Å². The van der Waals surface area contributed by atoms with E-state index in [0.717, 1.165) is 18.7 Å². The minimum atomic E-state index is -0.274. The lowest BCUT2D eigenvalue weighted by molar-refractivity contribution is 0.636. The maximum atomic E-state index is 6.26. The third-order valence-corrected chi connectivity index (χ3v) is 2.54. The Balaban J connectivity index is 2.31. The van der Waals surface area contributed by atoms with Crippen LogP contribution in [0.2, 0.25) is 0 Å². The Bertz CT molecular complexity index is 344. The first kappa shape index (κ1) is 9.69. The number of aromatic nitrogens is 1. The number of halogens is 1. The third-order valence-electron chi connectivity index (χ3n) is 2.29. The molecule has 0 fully saturated rings. The van der Waals surface area contributed by atoms with Gasteiger partial charge in [-0.15, -0.1) is 11.6 Å². The van der Waals surface area contributed by atoms with E-state index < -0.39 is 0 Å². The predicted octanol–water partition coefficient (Wildman–Crippen LogP) is 2.07. The number of pyridine rings is 1. The van der Waals surface area contributed by atoms with E-state index >= 15 is 0 Å². The summed E-state index contributed by atoms with van der Waals surface area (Å²) >= 11 is 6.26. The number of nitrogens with one attached hydrogen (secondary N) is 1. The van der Waals surface area contributed by atoms with Crippen LogP contribution in [0.3, 0.4) is 0 Å². The van der Waals surface area contributed by atoms with Crippen molar-refractivity contribution in [1.82, 2.24) is 10.3 Å². The molecule has 0 aromatic carbocycles. The van der Waals surface area contributed by atoms with E-state index in [-0.39, 0.29) is 4.87 Å². The maximum Gasteiger partial charge on any atom is 0.0728 e. The minimum Gasteiger partial charge on any atom is -0.311 e. The van der Waals surface area contributed by atoms with Crippen molar-refractivity contribution in [2.24, 2.45) is 0 Å². The van der Waals surface area contributed by atoms with Gasteiger partial charge in [0.05, 0.1) is 4.87 Å². The molecular weight excluding hydrogens is 196 g/mol. The molecule has 1 aliphatic heterocycles. The fourth-order valence-electron chi connectivity index (χ4n) is 1.65. The second kappa shape index (κ2) is 3.71. The van der Waals surface area contributed by atoms with Crippen molar-refractivity contribution < 1.29 is 0 Å². The van der Waals surface area contributed by atoms with Crippen molar-refractivity contribution >= 4 is 17.2 Å². The lowest BCUT2D eigenvalue weighted by Gasteiger charge is -2.26. The molecule has 0 aliphatic carbocycles. The highest BCUT2D eigenvalue weighted by Crippen LogP contribution is 2.25. The first-order chi connectivity index (χ1) is 6.67. The molecule has 0 radical (unpaired) electrons. The second-order valence-corrected chi connectivity index (χ2v) is 4.66. The molecule has 0 saturated heterocycles. The number of nitrogens with zero attached hydrogens (tertiary/aromatic N) is 1. The van der Waals surface area contributed by atoms with E-state index in [1.165, 1.54) is 5.57 Å². The number of hydrogen-bond acceptors (Lipinski definition) is 2. The maximum absolute atomic E-state index is 6.26. The van der Waals surface area contributed by atoms with Crippen molar-refractivity contribution in [2.75, 3.05) is 13.1 Å². The largest absolute Gasteiger partial charge is 0.311 e. The molecule has 0 amide bonds. The molecule has 2 rings (SSSR count). The molecule has 1 unspecified atom stereocenters. The van der Waals surface area contributed by atoms with Crippen molar-refractivity contribution in [3.8, 4) is 0 Å². The van der Waals surface area contributed by atoms with Crippen LogP contribution in [0.15, 0.2) is 30.6 Å². The molecule has 1 aliphatic rings. The van der Waals surface area contributed by atoms with Gasteiger partial charge in [-0.05, 0) is 24.1 Å². The van der Waals surface area contributed by atoms with Gasteiger partial charge in [0.15, 0.2) is 0 Å². The summed E-state index contributed by atoms with van der Waals surface area (Å²) in [6, 6.07) is 4.00. The van der Waals surface area contributed by atoms with Crippen LogP contribution in [-0.2, 0) is 0 Å². The third kappa shape index (κ3) is 2.14. The van der Waals surface area contributed by atoms with E-state index in [4.69, 9.17) is 11.6 Å². The van der Waals surface area contributed by atoms with Gasteiger partial charge in [0.2, 0.25) is 0 Å². The minimum absolute atomic E-state index is 0.274. The van der Waals surface area contributed by atoms with Crippen molar-refractivity contribution in [1.29, 1.82) is 0 Å². The Morgan fingerprint density at radius 3 is 3.07 bits per heavy atom. The summed E-state index contributed by atoms with van der Waals surface area (Å²) < 4.78 is 0. The fourth-order valence-corrected chi connectivity index (χ4v) is 1.87. The molecule has 14 heavy (non-hydrogen) atoms. The number of hydrogen-bond donors (Lipinski definition) is 1. The van der Waals surface area contributed by atoms with Gasteiger partial charge < -0.3 is 5.32 Å². The van der Waals surface area contributed by atoms with Crippen LogP contribution in [0.1, 0.15) is 12.5 Å².